The van der Waals surface area contributed by atoms with Gasteiger partial charge in [-0.3, -0.25) is 9.59 Å². The van der Waals surface area contributed by atoms with Crippen LogP contribution in [0.5, 0.6) is 0 Å². The van der Waals surface area contributed by atoms with Gasteiger partial charge in [0.1, 0.15) is 13.2 Å². The summed E-state index contributed by atoms with van der Waals surface area (Å²) in [7, 11) is 5.95. The van der Waals surface area contributed by atoms with Gasteiger partial charge in [-0.05, 0) is 64.2 Å². The van der Waals surface area contributed by atoms with E-state index < -0.39 is 24.3 Å². The monoisotopic (exact) mass is 1400 g/mol. The molecule has 2 unspecified atom stereocenters. The van der Waals surface area contributed by atoms with Crippen molar-refractivity contribution >= 4 is 17.9 Å². The van der Waals surface area contributed by atoms with Gasteiger partial charge in [-0.25, -0.2) is 0 Å². The van der Waals surface area contributed by atoms with Crippen LogP contribution in [-0.2, 0) is 33.3 Å². The Bertz CT molecular complexity index is 1880. The topological polar surface area (TPSA) is 111 Å². The number of hydrogen-bond acceptors (Lipinski definition) is 8. The SMILES string of the molecule is CC/C=C\C/C=C\C/C=C\C/C=C\C/C=C\C/C=C\CCCCCCCCCCCCCCCCCCCCCCCCC(=O)OC(COC(=O)CCCCCCCCCCCCCCCCCCCCCCCCCCCCCCCCCCCC)COC(OCC[N+](C)(C)C)C(=O)[O-]. The van der Waals surface area contributed by atoms with E-state index in [2.05, 4.69) is 86.8 Å². The number of ether oxygens (including phenoxy) is 4. The van der Waals surface area contributed by atoms with Crippen molar-refractivity contribution in [1.29, 1.82) is 0 Å². The summed E-state index contributed by atoms with van der Waals surface area (Å²) in [6.07, 6.45) is 108. The molecule has 0 aliphatic rings. The van der Waals surface area contributed by atoms with Gasteiger partial charge in [-0.1, -0.05) is 427 Å². The molecule has 100 heavy (non-hydrogen) atoms. The van der Waals surface area contributed by atoms with Crippen LogP contribution in [0.3, 0.4) is 0 Å². The van der Waals surface area contributed by atoms with E-state index in [4.69, 9.17) is 18.9 Å². The minimum Gasteiger partial charge on any atom is -0.545 e. The Morgan fingerprint density at radius 2 is 0.570 bits per heavy atom. The number of carboxylic acids is 1. The smallest absolute Gasteiger partial charge is 0.306 e. The first-order valence-corrected chi connectivity index (χ1v) is 43.6. The minimum atomic E-state index is -1.62. The van der Waals surface area contributed by atoms with E-state index in [1.54, 1.807) is 0 Å². The molecule has 0 fully saturated rings. The maximum Gasteiger partial charge on any atom is 0.306 e. The Labute approximate surface area is 621 Å². The highest BCUT2D eigenvalue weighted by Crippen LogP contribution is 2.21. The summed E-state index contributed by atoms with van der Waals surface area (Å²) in [6.45, 7) is 4.71. The van der Waals surface area contributed by atoms with E-state index in [0.717, 1.165) is 77.0 Å². The lowest BCUT2D eigenvalue weighted by atomic mass is 10.0. The number of carbonyl (C=O) groups is 3. The minimum absolute atomic E-state index is 0.150. The molecule has 0 N–H and O–H groups in total. The number of rotatable bonds is 82. The number of allylic oxidation sites excluding steroid dienone is 12. The largest absolute Gasteiger partial charge is 0.545 e. The third-order valence-corrected chi connectivity index (χ3v) is 19.7. The summed E-state index contributed by atoms with van der Waals surface area (Å²) >= 11 is 0. The third-order valence-electron chi connectivity index (χ3n) is 19.7. The Balaban J connectivity index is 3.93. The van der Waals surface area contributed by atoms with Crippen LogP contribution in [0, 0.1) is 0 Å². The lowest BCUT2D eigenvalue weighted by molar-refractivity contribution is -0.870. The van der Waals surface area contributed by atoms with Gasteiger partial charge in [0, 0.05) is 12.8 Å². The fourth-order valence-corrected chi connectivity index (χ4v) is 13.1. The van der Waals surface area contributed by atoms with E-state index in [-0.39, 0.29) is 32.2 Å². The van der Waals surface area contributed by atoms with E-state index in [0.29, 0.717) is 17.4 Å². The molecule has 0 radical (unpaired) electrons. The van der Waals surface area contributed by atoms with Crippen molar-refractivity contribution in [3.8, 4) is 0 Å². The lowest BCUT2D eigenvalue weighted by Crippen LogP contribution is -2.44. The normalized spacial score (nSPS) is 12.9. The van der Waals surface area contributed by atoms with Crippen molar-refractivity contribution in [2.24, 2.45) is 0 Å². The molecule has 0 amide bonds. The number of nitrogens with zero attached hydrogens (tertiary/aromatic N) is 1. The number of carbonyl (C=O) groups excluding carboxylic acids is 3. The molecule has 0 saturated carbocycles. The molecule has 2 atom stereocenters. The van der Waals surface area contributed by atoms with Crippen molar-refractivity contribution in [2.45, 2.75) is 444 Å². The first-order valence-electron chi connectivity index (χ1n) is 43.6. The second-order valence-corrected chi connectivity index (χ2v) is 30.8. The number of likely N-dealkylation sites (N-methyl/N-ethyl adjacent to an activating group) is 1. The highest BCUT2D eigenvalue weighted by Gasteiger charge is 2.22. The second-order valence-electron chi connectivity index (χ2n) is 30.8. The van der Waals surface area contributed by atoms with Crippen LogP contribution in [0.25, 0.3) is 0 Å². The van der Waals surface area contributed by atoms with Crippen molar-refractivity contribution < 1.29 is 42.9 Å². The van der Waals surface area contributed by atoms with Gasteiger partial charge in [0.25, 0.3) is 0 Å². The van der Waals surface area contributed by atoms with Gasteiger partial charge in [0.15, 0.2) is 12.4 Å². The molecule has 0 bridgehead atoms. The molecule has 0 aromatic heterocycles. The van der Waals surface area contributed by atoms with Crippen molar-refractivity contribution in [3.63, 3.8) is 0 Å². The highest BCUT2D eigenvalue weighted by atomic mass is 16.7. The molecular formula is C91H167NO8. The lowest BCUT2D eigenvalue weighted by Gasteiger charge is -2.26. The Kier molecular flexibility index (Phi) is 78.7. The van der Waals surface area contributed by atoms with Gasteiger partial charge < -0.3 is 33.3 Å². The maximum atomic E-state index is 13.0. The highest BCUT2D eigenvalue weighted by molar-refractivity contribution is 5.70. The van der Waals surface area contributed by atoms with Crippen LogP contribution in [0.1, 0.15) is 431 Å². The standard InChI is InChI=1S/C91H167NO8/c1-6-8-10-12-14-16-18-20-22-24-26-28-30-32-34-36-38-40-42-43-44-45-46-47-48-50-52-54-56-58-60-62-64-66-68-70-72-74-76-78-80-82-89(94)100-87(86-99-91(90(95)96)97-84-83-92(3,4)5)85-98-88(93)81-79-77-75-73-71-69-67-65-63-61-59-57-55-53-51-49-41-39-37-35-33-31-29-27-25-23-21-19-17-15-13-11-9-7-2/h8,10,14,16,20,22,26,28,32,34,38,40,87,91H,6-7,9,11-13,15,17-19,21,23-25,27,29-31,33,35-37,39,41-86H2,1-5H3/b10-8-,16-14-,22-20-,28-26-,34-32-,40-38-. The number of unbranched alkanes of at least 4 members (excludes halogenated alkanes) is 55. The van der Waals surface area contributed by atoms with E-state index >= 15 is 0 Å². The summed E-state index contributed by atoms with van der Waals surface area (Å²) in [5, 5.41) is 11.9. The van der Waals surface area contributed by atoms with Gasteiger partial charge in [0.2, 0.25) is 0 Å². The van der Waals surface area contributed by atoms with Crippen molar-refractivity contribution in [3.05, 3.63) is 72.9 Å². The van der Waals surface area contributed by atoms with Gasteiger partial charge in [-0.15, -0.1) is 0 Å². The quantitative estimate of drug-likeness (QED) is 0.0195. The molecule has 584 valence electrons. The van der Waals surface area contributed by atoms with Gasteiger partial charge >= 0.3 is 11.9 Å². The summed E-state index contributed by atoms with van der Waals surface area (Å²) in [6, 6.07) is 0. The molecule has 0 spiro atoms. The number of quaternary nitrogens is 1. The average molecular weight is 1400 g/mol. The van der Waals surface area contributed by atoms with E-state index in [1.807, 2.05) is 21.1 Å². The Morgan fingerprint density at radius 1 is 0.310 bits per heavy atom. The molecule has 0 heterocycles. The fourth-order valence-electron chi connectivity index (χ4n) is 13.1. The number of esters is 2. The van der Waals surface area contributed by atoms with E-state index in [1.165, 1.54) is 327 Å². The molecule has 9 nitrogen and oxygen atoms in total. The van der Waals surface area contributed by atoms with Crippen molar-refractivity contribution in [2.75, 3.05) is 47.5 Å². The number of carboxylic acid groups (broad SMARTS) is 1. The van der Waals surface area contributed by atoms with Crippen molar-refractivity contribution in [1.82, 2.24) is 0 Å². The molecule has 0 saturated heterocycles. The molecule has 0 aliphatic heterocycles. The molecule has 0 aromatic rings. The zero-order valence-electron chi connectivity index (χ0n) is 67.1. The Morgan fingerprint density at radius 3 is 0.850 bits per heavy atom. The predicted octanol–water partition coefficient (Wildman–Crippen LogP) is 27.0. The first kappa shape index (κ1) is 96.7. The van der Waals surface area contributed by atoms with Crippen LogP contribution in [0.2, 0.25) is 0 Å². The average Bonchev–Trinajstić information content (AvgIpc) is 1.08. The van der Waals surface area contributed by atoms with E-state index in [9.17, 15) is 19.5 Å². The second kappa shape index (κ2) is 81.4. The predicted molar refractivity (Wildman–Crippen MR) is 431 cm³/mol. The molecule has 9 heteroatoms. The zero-order chi connectivity index (χ0) is 72.5. The molecular weight excluding hydrogens is 1230 g/mol. The van der Waals surface area contributed by atoms with Crippen LogP contribution in [0.4, 0.5) is 0 Å². The molecule has 0 rings (SSSR count). The molecule has 0 aliphatic carbocycles. The van der Waals surface area contributed by atoms with Gasteiger partial charge in [0.05, 0.1) is 40.3 Å². The summed E-state index contributed by atoms with van der Waals surface area (Å²) in [5.74, 6) is -2.25. The maximum absolute atomic E-state index is 13.0. The van der Waals surface area contributed by atoms with Crippen LogP contribution >= 0.6 is 0 Å². The number of hydrogen-bond donors (Lipinski definition) is 0. The zero-order valence-corrected chi connectivity index (χ0v) is 67.1. The summed E-state index contributed by atoms with van der Waals surface area (Å²) in [5.41, 5.74) is 0. The Hall–Kier alpha value is -3.27. The summed E-state index contributed by atoms with van der Waals surface area (Å²) in [4.78, 5) is 37.7. The van der Waals surface area contributed by atoms with Crippen LogP contribution in [-0.4, -0.2) is 82.3 Å². The third kappa shape index (κ3) is 82.0. The van der Waals surface area contributed by atoms with Crippen LogP contribution < -0.4 is 5.11 Å². The summed E-state index contributed by atoms with van der Waals surface area (Å²) < 4.78 is 22.9. The number of aliphatic carboxylic acids is 1. The molecule has 0 aromatic carbocycles. The fraction of sp³-hybridized carbons (Fsp3) is 0.835. The van der Waals surface area contributed by atoms with Gasteiger partial charge in [-0.2, -0.15) is 0 Å². The first-order chi connectivity index (χ1) is 49.1. The van der Waals surface area contributed by atoms with Crippen LogP contribution in [0.15, 0.2) is 72.9 Å².